The smallest absolute Gasteiger partial charge is 0.333 e. The molecule has 4 amide bonds. The van der Waals surface area contributed by atoms with Gasteiger partial charge in [-0.3, -0.25) is 9.59 Å². The summed E-state index contributed by atoms with van der Waals surface area (Å²) in [7, 11) is 0. The van der Waals surface area contributed by atoms with Crippen LogP contribution in [0.5, 0.6) is 0 Å². The van der Waals surface area contributed by atoms with Gasteiger partial charge < -0.3 is 15.5 Å². The molecule has 8 nitrogen and oxygen atoms in total. The van der Waals surface area contributed by atoms with Gasteiger partial charge in [-0.2, -0.15) is 0 Å². The number of urea groups is 1. The summed E-state index contributed by atoms with van der Waals surface area (Å²) in [6.45, 7) is 3.01. The molecule has 1 aliphatic rings. The quantitative estimate of drug-likeness (QED) is 0.493. The summed E-state index contributed by atoms with van der Waals surface area (Å²) in [5.74, 6) is -1.99. The van der Waals surface area contributed by atoms with Crippen molar-refractivity contribution in [1.29, 1.82) is 0 Å². The van der Waals surface area contributed by atoms with Gasteiger partial charge in [0.2, 0.25) is 0 Å². The Bertz CT molecular complexity index is 429. The number of amides is 4. The van der Waals surface area contributed by atoms with Crippen LogP contribution in [0.15, 0.2) is 12.2 Å². The Morgan fingerprint density at radius 1 is 1.10 bits per heavy atom. The molecule has 0 bridgehead atoms. The lowest BCUT2D eigenvalue weighted by atomic mass is 10.2. The van der Waals surface area contributed by atoms with Gasteiger partial charge >= 0.3 is 12.0 Å². The van der Waals surface area contributed by atoms with Gasteiger partial charge in [0.25, 0.3) is 11.8 Å². The summed E-state index contributed by atoms with van der Waals surface area (Å²) in [5, 5.41) is 5.74. The van der Waals surface area contributed by atoms with Crippen LogP contribution in [-0.2, 0) is 19.2 Å². The summed E-state index contributed by atoms with van der Waals surface area (Å²) in [4.78, 5) is 49.6. The molecule has 0 radical (unpaired) electrons. The minimum atomic E-state index is -0.664. The third kappa shape index (κ3) is 6.07. The molecular formula is C13H19N3O5. The van der Waals surface area contributed by atoms with E-state index in [1.54, 1.807) is 0 Å². The predicted molar refractivity (Wildman–Crippen MR) is 72.6 cm³/mol. The van der Waals surface area contributed by atoms with E-state index in [2.05, 4.69) is 15.5 Å². The van der Waals surface area contributed by atoms with Gasteiger partial charge in [0.15, 0.2) is 0 Å². The highest BCUT2D eigenvalue weighted by Gasteiger charge is 2.27. The Balaban J connectivity index is 2.07. The van der Waals surface area contributed by atoms with Crippen LogP contribution in [0.3, 0.4) is 0 Å². The summed E-state index contributed by atoms with van der Waals surface area (Å²) < 4.78 is 0. The molecular weight excluding hydrogens is 278 g/mol. The number of hydroxylamine groups is 2. The normalized spacial score (nSPS) is 13.5. The van der Waals surface area contributed by atoms with Gasteiger partial charge in [-0.25, -0.2) is 9.59 Å². The van der Waals surface area contributed by atoms with Gasteiger partial charge in [0.1, 0.15) is 0 Å². The van der Waals surface area contributed by atoms with Crippen molar-refractivity contribution in [2.24, 2.45) is 0 Å². The standard InChI is InChI=1S/C13H19N3O5/c1-2-8-14-13(20)15-9-4-3-5-12(19)21-16-10(17)6-7-11(16)18/h6-7H,2-5,8-9H2,1H3,(H2,14,15,20). The van der Waals surface area contributed by atoms with Crippen molar-refractivity contribution in [3.8, 4) is 0 Å². The van der Waals surface area contributed by atoms with Gasteiger partial charge in [-0.1, -0.05) is 12.0 Å². The third-order valence-corrected chi connectivity index (χ3v) is 2.59. The maximum Gasteiger partial charge on any atom is 0.333 e. The number of carbonyl (C=O) groups is 4. The second-order valence-corrected chi connectivity index (χ2v) is 4.41. The lowest BCUT2D eigenvalue weighted by Crippen LogP contribution is -2.36. The molecule has 0 aromatic rings. The van der Waals surface area contributed by atoms with Gasteiger partial charge in [-0.15, -0.1) is 0 Å². The first-order valence-corrected chi connectivity index (χ1v) is 6.83. The molecule has 0 saturated carbocycles. The number of hydrogen-bond donors (Lipinski definition) is 2. The average Bonchev–Trinajstić information content (AvgIpc) is 2.76. The highest BCUT2D eigenvalue weighted by atomic mass is 16.7. The molecule has 2 N–H and O–H groups in total. The number of nitrogens with zero attached hydrogens (tertiary/aromatic N) is 1. The van der Waals surface area contributed by atoms with Crippen LogP contribution in [0.25, 0.3) is 0 Å². The summed E-state index contributed by atoms with van der Waals surface area (Å²) >= 11 is 0. The lowest BCUT2D eigenvalue weighted by Gasteiger charge is -2.12. The topological polar surface area (TPSA) is 105 Å². The zero-order valence-corrected chi connectivity index (χ0v) is 11.9. The average molecular weight is 297 g/mol. The number of hydrogen-bond acceptors (Lipinski definition) is 5. The van der Waals surface area contributed by atoms with Crippen molar-refractivity contribution < 1.29 is 24.0 Å². The summed E-state index contributed by atoms with van der Waals surface area (Å²) in [6.07, 6.45) is 4.07. The maximum atomic E-state index is 11.4. The summed E-state index contributed by atoms with van der Waals surface area (Å²) in [5.41, 5.74) is 0. The minimum absolute atomic E-state index is 0.0648. The Morgan fingerprint density at radius 3 is 2.33 bits per heavy atom. The van der Waals surface area contributed by atoms with Gasteiger partial charge in [0, 0.05) is 31.7 Å². The molecule has 1 aliphatic heterocycles. The molecule has 21 heavy (non-hydrogen) atoms. The van der Waals surface area contributed by atoms with Crippen LogP contribution in [-0.4, -0.2) is 42.0 Å². The van der Waals surface area contributed by atoms with Crippen molar-refractivity contribution in [1.82, 2.24) is 15.7 Å². The van der Waals surface area contributed by atoms with Crippen molar-refractivity contribution in [3.63, 3.8) is 0 Å². The Morgan fingerprint density at radius 2 is 1.71 bits per heavy atom. The van der Waals surface area contributed by atoms with Gasteiger partial charge in [-0.05, 0) is 19.3 Å². The van der Waals surface area contributed by atoms with Crippen LogP contribution in [0.2, 0.25) is 0 Å². The molecule has 8 heteroatoms. The maximum absolute atomic E-state index is 11.4. The van der Waals surface area contributed by atoms with E-state index in [0.717, 1.165) is 18.6 Å². The molecule has 0 saturated heterocycles. The number of nitrogens with one attached hydrogen (secondary N) is 2. The zero-order chi connectivity index (χ0) is 15.7. The molecule has 0 aromatic heterocycles. The van der Waals surface area contributed by atoms with E-state index in [-0.39, 0.29) is 12.5 Å². The molecule has 0 fully saturated rings. The Hall–Kier alpha value is -2.38. The van der Waals surface area contributed by atoms with E-state index in [9.17, 15) is 19.2 Å². The second kappa shape index (κ2) is 8.72. The van der Waals surface area contributed by atoms with E-state index < -0.39 is 17.8 Å². The summed E-state index contributed by atoms with van der Waals surface area (Å²) in [6, 6.07) is -0.237. The largest absolute Gasteiger partial charge is 0.338 e. The van der Waals surface area contributed by atoms with E-state index in [0.29, 0.717) is 31.0 Å². The molecule has 1 rings (SSSR count). The fourth-order valence-corrected chi connectivity index (χ4v) is 1.52. The lowest BCUT2D eigenvalue weighted by molar-refractivity contribution is -0.196. The first-order valence-electron chi connectivity index (χ1n) is 6.83. The van der Waals surface area contributed by atoms with Crippen molar-refractivity contribution >= 4 is 23.8 Å². The minimum Gasteiger partial charge on any atom is -0.338 e. The van der Waals surface area contributed by atoms with Gasteiger partial charge in [0.05, 0.1) is 0 Å². The van der Waals surface area contributed by atoms with E-state index in [1.165, 1.54) is 0 Å². The Kier molecular flexibility index (Phi) is 6.93. The molecule has 0 spiro atoms. The highest BCUT2D eigenvalue weighted by Crippen LogP contribution is 2.06. The fraction of sp³-hybridized carbons (Fsp3) is 0.538. The Labute approximate surface area is 122 Å². The van der Waals surface area contributed by atoms with Crippen LogP contribution < -0.4 is 10.6 Å². The molecule has 0 atom stereocenters. The van der Waals surface area contributed by atoms with E-state index >= 15 is 0 Å². The number of carbonyl (C=O) groups excluding carboxylic acids is 4. The number of rotatable bonds is 8. The molecule has 0 unspecified atom stereocenters. The number of unbranched alkanes of at least 4 members (excludes halogenated alkanes) is 1. The zero-order valence-electron chi connectivity index (χ0n) is 11.9. The van der Waals surface area contributed by atoms with Crippen LogP contribution in [0.4, 0.5) is 4.79 Å². The monoisotopic (exact) mass is 297 g/mol. The third-order valence-electron chi connectivity index (χ3n) is 2.59. The molecule has 0 aliphatic carbocycles. The fourth-order valence-electron chi connectivity index (χ4n) is 1.52. The van der Waals surface area contributed by atoms with Crippen molar-refractivity contribution in [2.45, 2.75) is 32.6 Å². The van der Waals surface area contributed by atoms with E-state index in [1.807, 2.05) is 6.92 Å². The SMILES string of the molecule is CCCNC(=O)NCCCCC(=O)ON1C(=O)C=CC1=O. The van der Waals surface area contributed by atoms with E-state index in [4.69, 9.17) is 0 Å². The molecule has 0 aromatic carbocycles. The second-order valence-electron chi connectivity index (χ2n) is 4.41. The first-order chi connectivity index (χ1) is 10.0. The number of imide groups is 1. The highest BCUT2D eigenvalue weighted by molar-refractivity contribution is 6.12. The van der Waals surface area contributed by atoms with Crippen molar-refractivity contribution in [3.05, 3.63) is 12.2 Å². The van der Waals surface area contributed by atoms with Crippen LogP contribution >= 0.6 is 0 Å². The van der Waals surface area contributed by atoms with Crippen LogP contribution in [0.1, 0.15) is 32.6 Å². The van der Waals surface area contributed by atoms with Crippen molar-refractivity contribution in [2.75, 3.05) is 13.1 Å². The molecule has 1 heterocycles. The molecule has 116 valence electrons. The predicted octanol–water partition coefficient (Wildman–Crippen LogP) is 0.249. The first kappa shape index (κ1) is 16.7. The van der Waals surface area contributed by atoms with Crippen LogP contribution in [0, 0.1) is 0 Å².